The number of allylic oxidation sites excluding steroid dienone is 2. The maximum Gasteiger partial charge on any atom is 0.248 e. The van der Waals surface area contributed by atoms with E-state index in [0.29, 0.717) is 24.4 Å². The van der Waals surface area contributed by atoms with Crippen LogP contribution < -0.4 is 14.8 Å². The molecule has 1 N–H and O–H groups in total. The Balaban J connectivity index is 1.56. The number of hydrogen-bond acceptors (Lipinski definition) is 7. The van der Waals surface area contributed by atoms with Crippen molar-refractivity contribution in [2.45, 2.75) is 24.8 Å². The van der Waals surface area contributed by atoms with Crippen LogP contribution in [0.15, 0.2) is 59.8 Å². The summed E-state index contributed by atoms with van der Waals surface area (Å²) in [6, 6.07) is 15.2. The van der Waals surface area contributed by atoms with E-state index < -0.39 is 0 Å². The van der Waals surface area contributed by atoms with Crippen LogP contribution >= 0.6 is 0 Å². The fourth-order valence-electron chi connectivity index (χ4n) is 4.30. The zero-order valence-electron chi connectivity index (χ0n) is 16.7. The van der Waals surface area contributed by atoms with Crippen LogP contribution in [0, 0.1) is 0 Å². The minimum atomic E-state index is -0.384. The highest BCUT2D eigenvalue weighted by Crippen LogP contribution is 2.44. The van der Waals surface area contributed by atoms with Gasteiger partial charge >= 0.3 is 0 Å². The van der Waals surface area contributed by atoms with E-state index in [0.717, 1.165) is 28.3 Å². The number of rotatable bonds is 4. The van der Waals surface area contributed by atoms with Crippen molar-refractivity contribution in [3.63, 3.8) is 0 Å². The van der Waals surface area contributed by atoms with E-state index in [4.69, 9.17) is 9.47 Å². The van der Waals surface area contributed by atoms with Gasteiger partial charge in [-0.05, 0) is 58.2 Å². The lowest BCUT2D eigenvalue weighted by atomic mass is 9.78. The van der Waals surface area contributed by atoms with Gasteiger partial charge in [0, 0.05) is 17.7 Å². The summed E-state index contributed by atoms with van der Waals surface area (Å²) in [5.41, 5.74) is 3.61. The smallest absolute Gasteiger partial charge is 0.248 e. The standard InChI is InChI=1S/C22H21N5O3/c1-29-16-8-6-13(7-9-16)15-11-18-20(19(28)12-15)21(27-22(23-18)24-25-26-27)14-4-3-5-17(10-14)30-2/h3-10,15,21H,11-12H2,1-2H3,(H,23,24,26)/t15-,21-/m0/s1. The molecule has 1 aliphatic heterocycles. The first-order chi connectivity index (χ1) is 14.7. The molecule has 2 aromatic carbocycles. The third-order valence-electron chi connectivity index (χ3n) is 5.78. The lowest BCUT2D eigenvalue weighted by molar-refractivity contribution is -0.116. The number of hydrogen-bond donors (Lipinski definition) is 1. The molecule has 3 aromatic rings. The van der Waals surface area contributed by atoms with Crippen LogP contribution in [0.3, 0.4) is 0 Å². The Labute approximate surface area is 173 Å². The zero-order valence-corrected chi connectivity index (χ0v) is 16.7. The first-order valence-electron chi connectivity index (χ1n) is 9.77. The van der Waals surface area contributed by atoms with Crippen LogP contribution in [0.25, 0.3) is 0 Å². The minimum absolute atomic E-state index is 0.0862. The van der Waals surface area contributed by atoms with Crippen LogP contribution in [0.1, 0.15) is 35.9 Å². The van der Waals surface area contributed by atoms with Crippen molar-refractivity contribution < 1.29 is 14.3 Å². The molecule has 0 amide bonds. The van der Waals surface area contributed by atoms with E-state index in [9.17, 15) is 4.79 Å². The monoisotopic (exact) mass is 403 g/mol. The number of nitrogens with zero attached hydrogens (tertiary/aromatic N) is 4. The van der Waals surface area contributed by atoms with Gasteiger partial charge in [0.2, 0.25) is 5.95 Å². The molecule has 8 heteroatoms. The molecule has 2 aliphatic rings. The summed E-state index contributed by atoms with van der Waals surface area (Å²) < 4.78 is 12.3. The Bertz CT molecular complexity index is 1140. The van der Waals surface area contributed by atoms with Crippen molar-refractivity contribution in [2.75, 3.05) is 19.5 Å². The molecule has 1 aliphatic carbocycles. The molecule has 0 unspecified atom stereocenters. The van der Waals surface area contributed by atoms with Gasteiger partial charge < -0.3 is 14.8 Å². The Morgan fingerprint density at radius 1 is 1.00 bits per heavy atom. The molecule has 8 nitrogen and oxygen atoms in total. The maximum atomic E-state index is 13.4. The Morgan fingerprint density at radius 2 is 1.80 bits per heavy atom. The Hall–Kier alpha value is -3.68. The van der Waals surface area contributed by atoms with Crippen LogP contribution in [0.4, 0.5) is 5.95 Å². The van der Waals surface area contributed by atoms with Gasteiger partial charge in [0.05, 0.1) is 14.2 Å². The predicted molar refractivity (Wildman–Crippen MR) is 110 cm³/mol. The normalized spacial score (nSPS) is 20.3. The Morgan fingerprint density at radius 3 is 2.57 bits per heavy atom. The van der Waals surface area contributed by atoms with Crippen molar-refractivity contribution in [1.82, 2.24) is 20.2 Å². The highest BCUT2D eigenvalue weighted by molar-refractivity contribution is 6.00. The average Bonchev–Trinajstić information content (AvgIpc) is 3.25. The summed E-state index contributed by atoms with van der Waals surface area (Å²) in [5, 5.41) is 15.4. The van der Waals surface area contributed by atoms with Crippen molar-refractivity contribution in [3.05, 3.63) is 70.9 Å². The SMILES string of the molecule is COc1ccc([C@@H]2CC(=O)C3=C(C2)Nc2nnnn2[C@H]3c2cccc(OC)c2)cc1. The number of Topliss-reactive ketones (excluding diaryl/α,β-unsaturated/α-hetero) is 1. The number of anilines is 1. The van der Waals surface area contributed by atoms with Gasteiger partial charge in [0.25, 0.3) is 0 Å². The molecule has 152 valence electrons. The number of nitrogens with one attached hydrogen (secondary N) is 1. The molecule has 2 heterocycles. The second-order valence-corrected chi connectivity index (χ2v) is 7.44. The minimum Gasteiger partial charge on any atom is -0.497 e. The average molecular weight is 403 g/mol. The first kappa shape index (κ1) is 18.4. The van der Waals surface area contributed by atoms with Crippen LogP contribution in [-0.4, -0.2) is 40.2 Å². The lowest BCUT2D eigenvalue weighted by Gasteiger charge is -2.34. The molecule has 2 atom stereocenters. The fraction of sp³-hybridized carbons (Fsp3) is 0.273. The van der Waals surface area contributed by atoms with Crippen molar-refractivity contribution in [1.29, 1.82) is 0 Å². The van der Waals surface area contributed by atoms with Gasteiger partial charge in [-0.3, -0.25) is 4.79 Å². The molecule has 0 fully saturated rings. The molecule has 1 aromatic heterocycles. The predicted octanol–water partition coefficient (Wildman–Crippen LogP) is 3.11. The number of carbonyl (C=O) groups is 1. The van der Waals surface area contributed by atoms with Crippen LogP contribution in [0.5, 0.6) is 11.5 Å². The van der Waals surface area contributed by atoms with Gasteiger partial charge in [-0.2, -0.15) is 4.68 Å². The second kappa shape index (κ2) is 7.29. The number of methoxy groups -OCH3 is 2. The van der Waals surface area contributed by atoms with E-state index in [1.807, 2.05) is 48.5 Å². The topological polar surface area (TPSA) is 91.2 Å². The van der Waals surface area contributed by atoms with E-state index in [2.05, 4.69) is 20.8 Å². The molecule has 0 saturated heterocycles. The largest absolute Gasteiger partial charge is 0.497 e. The van der Waals surface area contributed by atoms with Gasteiger partial charge in [-0.15, -0.1) is 0 Å². The van der Waals surface area contributed by atoms with Gasteiger partial charge in [-0.1, -0.05) is 29.4 Å². The molecule has 0 saturated carbocycles. The van der Waals surface area contributed by atoms with Crippen LogP contribution in [0.2, 0.25) is 0 Å². The summed E-state index contributed by atoms with van der Waals surface area (Å²) in [7, 11) is 3.27. The van der Waals surface area contributed by atoms with E-state index in [1.165, 1.54) is 0 Å². The molecule has 0 bridgehead atoms. The summed E-state index contributed by atoms with van der Waals surface area (Å²) in [5.74, 6) is 2.24. The van der Waals surface area contributed by atoms with Crippen LogP contribution in [-0.2, 0) is 4.79 Å². The van der Waals surface area contributed by atoms with Crippen molar-refractivity contribution in [3.8, 4) is 11.5 Å². The van der Waals surface area contributed by atoms with E-state index >= 15 is 0 Å². The molecule has 0 spiro atoms. The number of carbonyl (C=O) groups excluding carboxylic acids is 1. The summed E-state index contributed by atoms with van der Waals surface area (Å²) >= 11 is 0. The number of aromatic nitrogens is 4. The Kier molecular flexibility index (Phi) is 4.46. The zero-order chi connectivity index (χ0) is 20.7. The fourth-order valence-corrected chi connectivity index (χ4v) is 4.30. The quantitative estimate of drug-likeness (QED) is 0.716. The summed E-state index contributed by atoms with van der Waals surface area (Å²) in [6.07, 6.45) is 1.14. The molecule has 0 radical (unpaired) electrons. The van der Waals surface area contributed by atoms with Crippen molar-refractivity contribution in [2.24, 2.45) is 0 Å². The van der Waals surface area contributed by atoms with Gasteiger partial charge in [-0.25, -0.2) is 0 Å². The van der Waals surface area contributed by atoms with Gasteiger partial charge in [0.15, 0.2) is 5.78 Å². The number of ether oxygens (including phenoxy) is 2. The third kappa shape index (κ3) is 3.01. The molecular weight excluding hydrogens is 382 g/mol. The number of ketones is 1. The molecule has 5 rings (SSSR count). The summed E-state index contributed by atoms with van der Waals surface area (Å²) in [4.78, 5) is 13.4. The van der Waals surface area contributed by atoms with Crippen molar-refractivity contribution >= 4 is 11.7 Å². The third-order valence-corrected chi connectivity index (χ3v) is 5.78. The number of fused-ring (bicyclic) bond motifs is 1. The number of tetrazole rings is 1. The number of benzene rings is 2. The van der Waals surface area contributed by atoms with Gasteiger partial charge in [0.1, 0.15) is 17.5 Å². The first-order valence-corrected chi connectivity index (χ1v) is 9.77. The lowest BCUT2D eigenvalue weighted by Crippen LogP contribution is -2.33. The molecule has 30 heavy (non-hydrogen) atoms. The summed E-state index contributed by atoms with van der Waals surface area (Å²) in [6.45, 7) is 0. The van der Waals surface area contributed by atoms with E-state index in [1.54, 1.807) is 18.9 Å². The highest BCUT2D eigenvalue weighted by Gasteiger charge is 2.39. The van der Waals surface area contributed by atoms with E-state index in [-0.39, 0.29) is 17.7 Å². The molecular formula is C22H21N5O3. The highest BCUT2D eigenvalue weighted by atomic mass is 16.5. The second-order valence-electron chi connectivity index (χ2n) is 7.44. The maximum absolute atomic E-state index is 13.4.